The molecule has 21 heavy (non-hydrogen) atoms. The highest BCUT2D eigenvalue weighted by atomic mass is 32.1. The van der Waals surface area contributed by atoms with Gasteiger partial charge < -0.3 is 4.90 Å². The maximum atomic E-state index is 13.4. The van der Waals surface area contributed by atoms with E-state index in [4.69, 9.17) is 0 Å². The van der Waals surface area contributed by atoms with Crippen LogP contribution in [-0.2, 0) is 0 Å². The van der Waals surface area contributed by atoms with Gasteiger partial charge in [0.05, 0.1) is 11.2 Å². The smallest absolute Gasteiger partial charge is 0.325 e. The highest BCUT2D eigenvalue weighted by Gasteiger charge is 2.45. The molecule has 0 aliphatic rings. The molecular formula is C14H13F3N2OS. The molecule has 1 aromatic carbocycles. The van der Waals surface area contributed by atoms with Crippen molar-refractivity contribution in [3.8, 4) is 0 Å². The molecule has 0 bridgehead atoms. The van der Waals surface area contributed by atoms with Gasteiger partial charge in [0, 0.05) is 7.05 Å². The van der Waals surface area contributed by atoms with Crippen LogP contribution in [0.15, 0.2) is 35.8 Å². The molecule has 1 unspecified atom stereocenters. The molecule has 2 rings (SSSR count). The van der Waals surface area contributed by atoms with Crippen molar-refractivity contribution >= 4 is 17.2 Å². The molecule has 0 fully saturated rings. The Morgan fingerprint density at radius 1 is 1.29 bits per heavy atom. The van der Waals surface area contributed by atoms with Gasteiger partial charge in [-0.3, -0.25) is 4.79 Å². The average molecular weight is 314 g/mol. The number of halogens is 3. The number of nitrogens with zero attached hydrogens (tertiary/aromatic N) is 2. The molecule has 0 aliphatic heterocycles. The van der Waals surface area contributed by atoms with Crippen molar-refractivity contribution in [1.29, 1.82) is 0 Å². The maximum Gasteiger partial charge on any atom is 0.413 e. The first-order chi connectivity index (χ1) is 9.82. The van der Waals surface area contributed by atoms with Crippen LogP contribution in [-0.4, -0.2) is 29.0 Å². The predicted molar refractivity (Wildman–Crippen MR) is 74.2 cm³/mol. The molecule has 1 aromatic heterocycles. The van der Waals surface area contributed by atoms with E-state index in [9.17, 15) is 18.0 Å². The number of alkyl halides is 3. The molecular weight excluding hydrogens is 301 g/mol. The fourth-order valence-corrected chi connectivity index (χ4v) is 2.84. The van der Waals surface area contributed by atoms with Gasteiger partial charge in [-0.05, 0) is 12.5 Å². The number of benzene rings is 1. The molecule has 7 heteroatoms. The van der Waals surface area contributed by atoms with Crippen LogP contribution in [0.5, 0.6) is 0 Å². The Morgan fingerprint density at radius 3 is 2.38 bits per heavy atom. The molecule has 0 N–H and O–H groups in total. The lowest BCUT2D eigenvalue weighted by Crippen LogP contribution is -2.39. The fourth-order valence-electron chi connectivity index (χ4n) is 2.05. The van der Waals surface area contributed by atoms with Crippen LogP contribution < -0.4 is 0 Å². The molecule has 0 aliphatic carbocycles. The van der Waals surface area contributed by atoms with E-state index in [1.807, 2.05) is 0 Å². The standard InChI is InChI=1S/C14H13F3N2OS/c1-9-11(21-8-18-9)13(20)19(2)12(14(15,16)17)10-6-4-3-5-7-10/h3-8,12H,1-2H3. The van der Waals surface area contributed by atoms with Crippen molar-refractivity contribution in [3.63, 3.8) is 0 Å². The lowest BCUT2D eigenvalue weighted by atomic mass is 10.0. The summed E-state index contributed by atoms with van der Waals surface area (Å²) in [7, 11) is 1.16. The second kappa shape index (κ2) is 5.85. The quantitative estimate of drug-likeness (QED) is 0.863. The van der Waals surface area contributed by atoms with Gasteiger partial charge >= 0.3 is 6.18 Å². The fraction of sp³-hybridized carbons (Fsp3) is 0.286. The van der Waals surface area contributed by atoms with Crippen LogP contribution in [0.25, 0.3) is 0 Å². The largest absolute Gasteiger partial charge is 0.413 e. The third kappa shape index (κ3) is 3.24. The summed E-state index contributed by atoms with van der Waals surface area (Å²) in [6.07, 6.45) is -4.55. The first-order valence-corrected chi connectivity index (χ1v) is 6.99. The van der Waals surface area contributed by atoms with Crippen molar-refractivity contribution in [2.24, 2.45) is 0 Å². The number of hydrogen-bond donors (Lipinski definition) is 0. The molecule has 112 valence electrons. The summed E-state index contributed by atoms with van der Waals surface area (Å²) in [5.74, 6) is -0.679. The summed E-state index contributed by atoms with van der Waals surface area (Å²) in [4.78, 5) is 17.1. The Hall–Kier alpha value is -1.89. The van der Waals surface area contributed by atoms with E-state index >= 15 is 0 Å². The van der Waals surface area contributed by atoms with Crippen molar-refractivity contribution in [3.05, 3.63) is 52.0 Å². The zero-order chi connectivity index (χ0) is 15.6. The Morgan fingerprint density at radius 2 is 1.90 bits per heavy atom. The molecule has 2 aromatic rings. The second-order valence-electron chi connectivity index (χ2n) is 4.54. The first kappa shape index (κ1) is 15.5. The summed E-state index contributed by atoms with van der Waals surface area (Å²) in [5, 5.41) is 0. The van der Waals surface area contributed by atoms with Crippen LogP contribution in [0, 0.1) is 6.92 Å². The van der Waals surface area contributed by atoms with Crippen molar-refractivity contribution in [2.75, 3.05) is 7.05 Å². The van der Waals surface area contributed by atoms with Crippen LogP contribution >= 0.6 is 11.3 Å². The Bertz CT molecular complexity index is 625. The molecule has 0 radical (unpaired) electrons. The van der Waals surface area contributed by atoms with E-state index in [1.165, 1.54) is 29.8 Å². The van der Waals surface area contributed by atoms with Crippen LogP contribution in [0.3, 0.4) is 0 Å². The van der Waals surface area contributed by atoms with E-state index in [1.54, 1.807) is 13.0 Å². The number of thiazole rings is 1. The van der Waals surface area contributed by atoms with Gasteiger partial charge in [0.25, 0.3) is 5.91 Å². The average Bonchev–Trinajstić information content (AvgIpc) is 2.84. The molecule has 1 heterocycles. The van der Waals surface area contributed by atoms with Gasteiger partial charge in [0.15, 0.2) is 6.04 Å². The Balaban J connectivity index is 2.38. The Labute approximate surface area is 124 Å². The summed E-state index contributed by atoms with van der Waals surface area (Å²) in [6, 6.07) is 5.41. The summed E-state index contributed by atoms with van der Waals surface area (Å²) < 4.78 is 40.1. The van der Waals surface area contributed by atoms with Gasteiger partial charge in [0.1, 0.15) is 4.88 Å². The third-order valence-electron chi connectivity index (χ3n) is 3.07. The lowest BCUT2D eigenvalue weighted by Gasteiger charge is -2.30. The number of amides is 1. The van der Waals surface area contributed by atoms with Gasteiger partial charge in [-0.25, -0.2) is 4.98 Å². The minimum Gasteiger partial charge on any atom is -0.325 e. The van der Waals surface area contributed by atoms with E-state index in [-0.39, 0.29) is 10.4 Å². The molecule has 1 atom stereocenters. The minimum absolute atomic E-state index is 0.0306. The molecule has 0 saturated heterocycles. The molecule has 0 saturated carbocycles. The monoisotopic (exact) mass is 314 g/mol. The predicted octanol–water partition coefficient (Wildman–Crippen LogP) is 3.83. The highest BCUT2D eigenvalue weighted by Crippen LogP contribution is 2.37. The van der Waals surface area contributed by atoms with E-state index in [2.05, 4.69) is 4.98 Å². The van der Waals surface area contributed by atoms with Crippen LogP contribution in [0.2, 0.25) is 0 Å². The second-order valence-corrected chi connectivity index (χ2v) is 5.39. The number of rotatable bonds is 3. The molecule has 1 amide bonds. The first-order valence-electron chi connectivity index (χ1n) is 6.11. The van der Waals surface area contributed by atoms with Crippen molar-refractivity contribution in [2.45, 2.75) is 19.1 Å². The Kier molecular flexibility index (Phi) is 4.32. The van der Waals surface area contributed by atoms with Gasteiger partial charge in [-0.2, -0.15) is 13.2 Å². The summed E-state index contributed by atoms with van der Waals surface area (Å²) >= 11 is 1.04. The van der Waals surface area contributed by atoms with Gasteiger partial charge in [-0.1, -0.05) is 30.3 Å². The van der Waals surface area contributed by atoms with Gasteiger partial charge in [-0.15, -0.1) is 11.3 Å². The zero-order valence-corrected chi connectivity index (χ0v) is 12.2. The number of carbonyl (C=O) groups excluding carboxylic acids is 1. The van der Waals surface area contributed by atoms with E-state index in [0.717, 1.165) is 23.3 Å². The summed E-state index contributed by atoms with van der Waals surface area (Å²) in [6.45, 7) is 1.60. The zero-order valence-electron chi connectivity index (χ0n) is 11.4. The van der Waals surface area contributed by atoms with E-state index < -0.39 is 18.1 Å². The topological polar surface area (TPSA) is 33.2 Å². The van der Waals surface area contributed by atoms with Crippen molar-refractivity contribution in [1.82, 2.24) is 9.88 Å². The van der Waals surface area contributed by atoms with Crippen LogP contribution in [0.4, 0.5) is 13.2 Å². The maximum absolute atomic E-state index is 13.4. The number of hydrogen-bond acceptors (Lipinski definition) is 3. The lowest BCUT2D eigenvalue weighted by molar-refractivity contribution is -0.176. The van der Waals surface area contributed by atoms with E-state index in [0.29, 0.717) is 5.69 Å². The normalized spacial score (nSPS) is 13.0. The molecule has 3 nitrogen and oxygen atoms in total. The van der Waals surface area contributed by atoms with Crippen LogP contribution in [0.1, 0.15) is 27.0 Å². The van der Waals surface area contributed by atoms with Gasteiger partial charge in [0.2, 0.25) is 0 Å². The minimum atomic E-state index is -4.55. The highest BCUT2D eigenvalue weighted by molar-refractivity contribution is 7.11. The number of aromatic nitrogens is 1. The van der Waals surface area contributed by atoms with Crippen molar-refractivity contribution < 1.29 is 18.0 Å². The number of aryl methyl sites for hydroxylation is 1. The summed E-state index contributed by atoms with van der Waals surface area (Å²) in [5.41, 5.74) is 1.91. The third-order valence-corrected chi connectivity index (χ3v) is 3.99. The SMILES string of the molecule is Cc1ncsc1C(=O)N(C)C(c1ccccc1)C(F)(F)F. The number of carbonyl (C=O) groups is 1. The molecule has 0 spiro atoms.